The molecule has 2 amide bonds. The Balaban J connectivity index is 1.55. The molecule has 0 radical (unpaired) electrons. The second-order valence-electron chi connectivity index (χ2n) is 6.30. The molecule has 1 aliphatic rings. The number of amides is 2. The lowest BCUT2D eigenvalue weighted by Crippen LogP contribution is -2.27. The van der Waals surface area contributed by atoms with Gasteiger partial charge in [0.25, 0.3) is 11.1 Å². The molecule has 9 heteroatoms. The first-order chi connectivity index (χ1) is 14.5. The molecule has 4 rings (SSSR count). The highest BCUT2D eigenvalue weighted by atomic mass is 79.9. The maximum absolute atomic E-state index is 12.8. The fraction of sp³-hybridized carbons (Fsp3) is 0.0952. The average Bonchev–Trinajstić information content (AvgIpc) is 3.45. The van der Waals surface area contributed by atoms with E-state index in [0.29, 0.717) is 10.7 Å². The van der Waals surface area contributed by atoms with Crippen LogP contribution in [0.2, 0.25) is 0 Å². The Hall–Kier alpha value is -3.04. The monoisotopic (exact) mass is 486 g/mol. The first-order valence-electron chi connectivity index (χ1n) is 8.82. The predicted octanol–water partition coefficient (Wildman–Crippen LogP) is 4.86. The van der Waals surface area contributed by atoms with Crippen LogP contribution in [0.1, 0.15) is 22.0 Å². The van der Waals surface area contributed by atoms with Crippen molar-refractivity contribution in [3.63, 3.8) is 0 Å². The lowest BCUT2D eigenvalue weighted by molar-refractivity contribution is -0.123. The molecular formula is C21H15BrN2O5S. The molecule has 7 nitrogen and oxygen atoms in total. The smallest absolute Gasteiger partial charge is 0.373 e. The van der Waals surface area contributed by atoms with Gasteiger partial charge in [0.2, 0.25) is 5.76 Å². The summed E-state index contributed by atoms with van der Waals surface area (Å²) in [5, 5.41) is -0.399. The van der Waals surface area contributed by atoms with Crippen molar-refractivity contribution in [3.8, 4) is 5.69 Å². The number of furan rings is 1. The molecule has 3 aromatic rings. The number of rotatable bonds is 5. The van der Waals surface area contributed by atoms with Crippen LogP contribution in [-0.2, 0) is 16.1 Å². The van der Waals surface area contributed by atoms with Crippen molar-refractivity contribution in [1.29, 1.82) is 0 Å². The van der Waals surface area contributed by atoms with Crippen LogP contribution in [0, 0.1) is 0 Å². The minimum atomic E-state index is -0.621. The number of hydrogen-bond acceptors (Lipinski definition) is 6. The van der Waals surface area contributed by atoms with Gasteiger partial charge in [0.05, 0.1) is 18.6 Å². The maximum Gasteiger partial charge on any atom is 0.373 e. The van der Waals surface area contributed by atoms with Crippen LogP contribution in [-0.4, -0.2) is 33.7 Å². The molecule has 0 saturated carbocycles. The number of benzene rings is 1. The number of imide groups is 1. The minimum Gasteiger partial charge on any atom is -0.463 e. The first kappa shape index (κ1) is 20.2. The van der Waals surface area contributed by atoms with Crippen molar-refractivity contribution >= 4 is 50.9 Å². The number of thioether (sulfide) groups is 1. The number of aromatic nitrogens is 1. The van der Waals surface area contributed by atoms with Crippen molar-refractivity contribution in [2.75, 3.05) is 7.11 Å². The van der Waals surface area contributed by atoms with Gasteiger partial charge in [-0.05, 0) is 66.4 Å². The van der Waals surface area contributed by atoms with Gasteiger partial charge < -0.3 is 13.7 Å². The predicted molar refractivity (Wildman–Crippen MR) is 115 cm³/mol. The van der Waals surface area contributed by atoms with E-state index in [0.717, 1.165) is 32.5 Å². The Kier molecular flexibility index (Phi) is 5.65. The molecule has 0 aliphatic carbocycles. The molecule has 1 saturated heterocycles. The number of ether oxygens (including phenoxy) is 1. The van der Waals surface area contributed by atoms with Crippen LogP contribution in [0.4, 0.5) is 4.79 Å². The van der Waals surface area contributed by atoms with E-state index in [1.54, 1.807) is 6.08 Å². The summed E-state index contributed by atoms with van der Waals surface area (Å²) < 4.78 is 12.9. The molecule has 0 N–H and O–H groups in total. The highest BCUT2D eigenvalue weighted by molar-refractivity contribution is 9.10. The Bertz CT molecular complexity index is 1160. The Morgan fingerprint density at radius 1 is 1.17 bits per heavy atom. The maximum atomic E-state index is 12.8. The van der Waals surface area contributed by atoms with E-state index in [1.165, 1.54) is 19.2 Å². The second-order valence-corrected chi connectivity index (χ2v) is 8.21. The summed E-state index contributed by atoms with van der Waals surface area (Å²) in [7, 11) is 1.25. The summed E-state index contributed by atoms with van der Waals surface area (Å²) in [6.45, 7) is -0.0628. The van der Waals surface area contributed by atoms with Crippen LogP contribution in [0.15, 0.2) is 68.5 Å². The van der Waals surface area contributed by atoms with Crippen LogP contribution < -0.4 is 0 Å². The van der Waals surface area contributed by atoms with Crippen LogP contribution in [0.3, 0.4) is 0 Å². The van der Waals surface area contributed by atoms with Gasteiger partial charge in [-0.25, -0.2) is 4.79 Å². The molecule has 1 aliphatic heterocycles. The molecule has 0 bridgehead atoms. The number of esters is 1. The van der Waals surface area contributed by atoms with Gasteiger partial charge in [0, 0.05) is 22.1 Å². The van der Waals surface area contributed by atoms with Gasteiger partial charge in [-0.3, -0.25) is 14.5 Å². The van der Waals surface area contributed by atoms with Gasteiger partial charge in [-0.2, -0.15) is 0 Å². The highest BCUT2D eigenvalue weighted by Gasteiger charge is 2.36. The third kappa shape index (κ3) is 3.99. The molecule has 3 heterocycles. The van der Waals surface area contributed by atoms with Crippen LogP contribution >= 0.6 is 27.7 Å². The summed E-state index contributed by atoms with van der Waals surface area (Å²) in [6, 6.07) is 14.5. The van der Waals surface area contributed by atoms with E-state index in [2.05, 4.69) is 20.7 Å². The lowest BCUT2D eigenvalue weighted by atomic mass is 10.3. The number of carbonyl (C=O) groups excluding carboxylic acids is 3. The topological polar surface area (TPSA) is 81.8 Å². The number of nitrogens with zero attached hydrogens (tertiary/aromatic N) is 2. The zero-order chi connectivity index (χ0) is 21.3. The number of hydrogen-bond donors (Lipinski definition) is 0. The van der Waals surface area contributed by atoms with Crippen LogP contribution in [0.5, 0.6) is 0 Å². The summed E-state index contributed by atoms with van der Waals surface area (Å²) in [4.78, 5) is 38.1. The normalized spacial score (nSPS) is 15.3. The molecule has 0 atom stereocenters. The Morgan fingerprint density at radius 2 is 1.93 bits per heavy atom. The summed E-state index contributed by atoms with van der Waals surface area (Å²) in [5.74, 6) is -0.701. The van der Waals surface area contributed by atoms with E-state index in [9.17, 15) is 14.4 Å². The van der Waals surface area contributed by atoms with E-state index < -0.39 is 17.1 Å². The SMILES string of the molecule is COC(=O)c1ccc(CN2C(=O)S/C(=C/c3cccn3-c3ccc(Br)cc3)C2=O)o1. The van der Waals surface area contributed by atoms with Gasteiger partial charge in [-0.15, -0.1) is 0 Å². The zero-order valence-corrected chi connectivity index (χ0v) is 18.1. The van der Waals surface area contributed by atoms with Crippen LogP contribution in [0.25, 0.3) is 11.8 Å². The molecule has 30 heavy (non-hydrogen) atoms. The average molecular weight is 487 g/mol. The molecular weight excluding hydrogens is 472 g/mol. The molecule has 1 aromatic carbocycles. The summed E-state index contributed by atoms with van der Waals surface area (Å²) in [5.41, 5.74) is 1.70. The van der Waals surface area contributed by atoms with Gasteiger partial charge in [-0.1, -0.05) is 15.9 Å². The van der Waals surface area contributed by atoms with E-state index in [-0.39, 0.29) is 12.3 Å². The Morgan fingerprint density at radius 3 is 2.67 bits per heavy atom. The fourth-order valence-corrected chi connectivity index (χ4v) is 4.04. The van der Waals surface area contributed by atoms with E-state index in [4.69, 9.17) is 4.42 Å². The first-order valence-corrected chi connectivity index (χ1v) is 10.4. The number of carbonyl (C=O) groups is 3. The quantitative estimate of drug-likeness (QED) is 0.378. The molecule has 152 valence electrons. The van der Waals surface area contributed by atoms with Gasteiger partial charge in [0.1, 0.15) is 5.76 Å². The number of halogens is 1. The zero-order valence-electron chi connectivity index (χ0n) is 15.7. The third-order valence-corrected chi connectivity index (χ3v) is 5.84. The van der Waals surface area contributed by atoms with E-state index in [1.807, 2.05) is 47.2 Å². The van der Waals surface area contributed by atoms with Gasteiger partial charge in [0.15, 0.2) is 0 Å². The highest BCUT2D eigenvalue weighted by Crippen LogP contribution is 2.34. The Labute approximate surface area is 184 Å². The number of methoxy groups -OCH3 is 1. The van der Waals surface area contributed by atoms with Crippen molar-refractivity contribution < 1.29 is 23.5 Å². The van der Waals surface area contributed by atoms with Crippen molar-refractivity contribution in [2.45, 2.75) is 6.54 Å². The summed E-state index contributed by atoms with van der Waals surface area (Å²) in [6.07, 6.45) is 3.57. The van der Waals surface area contributed by atoms with E-state index >= 15 is 0 Å². The molecule has 0 spiro atoms. The standard InChI is InChI=1S/C21H15BrN2O5S/c1-28-20(26)17-9-8-16(29-17)12-24-19(25)18(30-21(24)27)11-15-3-2-10-23(15)14-6-4-13(22)5-7-14/h2-11H,12H2,1H3/b18-11+. The fourth-order valence-electron chi connectivity index (χ4n) is 2.95. The molecule has 2 aromatic heterocycles. The molecule has 0 unspecified atom stereocenters. The lowest BCUT2D eigenvalue weighted by Gasteiger charge is -2.10. The second kappa shape index (κ2) is 8.37. The van der Waals surface area contributed by atoms with Crippen molar-refractivity contribution in [3.05, 3.63) is 81.3 Å². The summed E-state index contributed by atoms with van der Waals surface area (Å²) >= 11 is 4.28. The van der Waals surface area contributed by atoms with Crippen molar-refractivity contribution in [2.24, 2.45) is 0 Å². The largest absolute Gasteiger partial charge is 0.463 e. The van der Waals surface area contributed by atoms with Crippen molar-refractivity contribution in [1.82, 2.24) is 9.47 Å². The van der Waals surface area contributed by atoms with Gasteiger partial charge >= 0.3 is 5.97 Å². The minimum absolute atomic E-state index is 0.0161. The molecule has 1 fully saturated rings. The third-order valence-electron chi connectivity index (χ3n) is 4.40.